The van der Waals surface area contributed by atoms with E-state index in [1.807, 2.05) is 0 Å². The molecule has 0 radical (unpaired) electrons. The van der Waals surface area contributed by atoms with Crippen LogP contribution in [0.4, 0.5) is 0 Å². The predicted octanol–water partition coefficient (Wildman–Crippen LogP) is 1.36. The molecule has 1 atom stereocenters. The molecular formula is C9H8O4S. The molecule has 0 saturated carbocycles. The van der Waals surface area contributed by atoms with E-state index in [2.05, 4.69) is 0 Å². The van der Waals surface area contributed by atoms with Crippen LogP contribution in [0.15, 0.2) is 35.2 Å². The van der Waals surface area contributed by atoms with Gasteiger partial charge in [-0.3, -0.25) is 0 Å². The van der Waals surface area contributed by atoms with Crippen molar-refractivity contribution in [1.29, 1.82) is 0 Å². The number of carboxylic acids is 1. The van der Waals surface area contributed by atoms with Gasteiger partial charge in [0.1, 0.15) is 0 Å². The third-order valence-electron chi connectivity index (χ3n) is 1.48. The Kier molecular flexibility index (Phi) is 3.55. The molecule has 0 heterocycles. The Balaban J connectivity index is 2.94. The Bertz CT molecular complexity index is 398. The first-order valence-corrected chi connectivity index (χ1v) is 4.82. The second kappa shape index (κ2) is 4.69. The first-order valence-electron chi connectivity index (χ1n) is 3.71. The highest BCUT2D eigenvalue weighted by molar-refractivity contribution is 7.79. The van der Waals surface area contributed by atoms with Gasteiger partial charge in [0.05, 0.1) is 4.90 Å². The van der Waals surface area contributed by atoms with E-state index in [-0.39, 0.29) is 4.90 Å². The van der Waals surface area contributed by atoms with Crippen LogP contribution in [0.3, 0.4) is 0 Å². The van der Waals surface area contributed by atoms with Gasteiger partial charge in [0.15, 0.2) is 11.1 Å². The summed E-state index contributed by atoms with van der Waals surface area (Å²) >= 11 is -2.03. The highest BCUT2D eigenvalue weighted by atomic mass is 32.2. The maximum atomic E-state index is 10.7. The molecule has 1 aromatic carbocycles. The van der Waals surface area contributed by atoms with Gasteiger partial charge < -0.3 is 9.66 Å². The molecule has 14 heavy (non-hydrogen) atoms. The molecule has 0 bridgehead atoms. The van der Waals surface area contributed by atoms with E-state index in [0.717, 1.165) is 6.08 Å². The van der Waals surface area contributed by atoms with Crippen LogP contribution >= 0.6 is 0 Å². The van der Waals surface area contributed by atoms with Crippen molar-refractivity contribution >= 4 is 23.1 Å². The lowest BCUT2D eigenvalue weighted by atomic mass is 10.2. The molecule has 0 spiro atoms. The minimum atomic E-state index is -2.03. The molecule has 0 aromatic heterocycles. The quantitative estimate of drug-likeness (QED) is 0.586. The normalized spacial score (nSPS) is 12.9. The zero-order valence-corrected chi connectivity index (χ0v) is 7.90. The molecule has 1 rings (SSSR count). The number of aliphatic carboxylic acids is 1. The van der Waals surface area contributed by atoms with Crippen molar-refractivity contribution in [1.82, 2.24) is 0 Å². The van der Waals surface area contributed by atoms with Crippen molar-refractivity contribution in [2.75, 3.05) is 0 Å². The van der Waals surface area contributed by atoms with E-state index in [4.69, 9.17) is 9.66 Å². The average Bonchev–Trinajstić information content (AvgIpc) is 2.15. The summed E-state index contributed by atoms with van der Waals surface area (Å²) in [4.78, 5) is 10.4. The topological polar surface area (TPSA) is 74.6 Å². The number of carbonyl (C=O) groups is 1. The molecule has 74 valence electrons. The van der Waals surface area contributed by atoms with Crippen molar-refractivity contribution in [2.24, 2.45) is 0 Å². The minimum Gasteiger partial charge on any atom is -0.478 e. The molecule has 0 amide bonds. The Morgan fingerprint density at radius 3 is 2.71 bits per heavy atom. The van der Waals surface area contributed by atoms with Crippen LogP contribution in [0.1, 0.15) is 5.56 Å². The third-order valence-corrected chi connectivity index (χ3v) is 2.14. The molecule has 2 N–H and O–H groups in total. The van der Waals surface area contributed by atoms with Gasteiger partial charge in [0.25, 0.3) is 0 Å². The van der Waals surface area contributed by atoms with Crippen LogP contribution < -0.4 is 0 Å². The molecule has 1 unspecified atom stereocenters. The highest BCUT2D eigenvalue weighted by Gasteiger charge is 1.98. The Morgan fingerprint density at radius 2 is 2.14 bits per heavy atom. The fraction of sp³-hybridized carbons (Fsp3) is 0. The van der Waals surface area contributed by atoms with Crippen molar-refractivity contribution in [3.05, 3.63) is 35.9 Å². The Morgan fingerprint density at radius 1 is 1.43 bits per heavy atom. The maximum Gasteiger partial charge on any atom is 0.328 e. The lowest BCUT2D eigenvalue weighted by Crippen LogP contribution is -1.89. The van der Waals surface area contributed by atoms with Crippen molar-refractivity contribution in [2.45, 2.75) is 4.90 Å². The van der Waals surface area contributed by atoms with E-state index >= 15 is 0 Å². The van der Waals surface area contributed by atoms with E-state index < -0.39 is 17.0 Å². The zero-order valence-electron chi connectivity index (χ0n) is 7.08. The van der Waals surface area contributed by atoms with Gasteiger partial charge in [-0.2, -0.15) is 0 Å². The molecule has 0 aliphatic rings. The molecule has 0 saturated heterocycles. The molecule has 1 aromatic rings. The van der Waals surface area contributed by atoms with E-state index in [0.29, 0.717) is 5.56 Å². The first-order chi connectivity index (χ1) is 6.59. The lowest BCUT2D eigenvalue weighted by Gasteiger charge is -1.96. The van der Waals surface area contributed by atoms with Gasteiger partial charge in [-0.15, -0.1) is 0 Å². The molecule has 0 fully saturated rings. The largest absolute Gasteiger partial charge is 0.478 e. The smallest absolute Gasteiger partial charge is 0.328 e. The maximum absolute atomic E-state index is 10.7. The zero-order chi connectivity index (χ0) is 10.6. The number of benzene rings is 1. The fourth-order valence-electron chi connectivity index (χ4n) is 0.894. The van der Waals surface area contributed by atoms with Gasteiger partial charge >= 0.3 is 5.97 Å². The monoisotopic (exact) mass is 212 g/mol. The standard InChI is InChI=1S/C9H8O4S/c10-9(11)5-4-7-2-1-3-8(6-7)14(12)13/h1-6H,(H,10,11)(H,12,13)/b5-4+. The van der Waals surface area contributed by atoms with Gasteiger partial charge in [-0.25, -0.2) is 9.00 Å². The second-order valence-corrected chi connectivity index (χ2v) is 3.46. The summed E-state index contributed by atoms with van der Waals surface area (Å²) in [6.45, 7) is 0. The van der Waals surface area contributed by atoms with Crippen molar-refractivity contribution < 1.29 is 18.7 Å². The highest BCUT2D eigenvalue weighted by Crippen LogP contribution is 2.09. The van der Waals surface area contributed by atoms with Gasteiger partial charge in [0, 0.05) is 6.08 Å². The third kappa shape index (κ3) is 3.12. The van der Waals surface area contributed by atoms with Crippen LogP contribution in [-0.2, 0) is 15.9 Å². The van der Waals surface area contributed by atoms with Crippen LogP contribution in [0.25, 0.3) is 6.08 Å². The summed E-state index contributed by atoms with van der Waals surface area (Å²) in [7, 11) is 0. The lowest BCUT2D eigenvalue weighted by molar-refractivity contribution is -0.131. The predicted molar refractivity (Wildman–Crippen MR) is 52.1 cm³/mol. The second-order valence-electron chi connectivity index (χ2n) is 2.49. The first kappa shape index (κ1) is 10.6. The number of hydrogen-bond acceptors (Lipinski definition) is 2. The minimum absolute atomic E-state index is 0.248. The van der Waals surface area contributed by atoms with Crippen LogP contribution in [0, 0.1) is 0 Å². The summed E-state index contributed by atoms with van der Waals surface area (Å²) < 4.78 is 19.4. The average molecular weight is 212 g/mol. The molecule has 4 nitrogen and oxygen atoms in total. The van der Waals surface area contributed by atoms with Crippen LogP contribution in [-0.4, -0.2) is 19.8 Å². The summed E-state index contributed by atoms with van der Waals surface area (Å²) in [5.74, 6) is -1.06. The fourth-order valence-corrected chi connectivity index (χ4v) is 1.33. The van der Waals surface area contributed by atoms with E-state index in [9.17, 15) is 9.00 Å². The van der Waals surface area contributed by atoms with Gasteiger partial charge in [-0.05, 0) is 23.8 Å². The summed E-state index contributed by atoms with van der Waals surface area (Å²) in [6, 6.07) is 6.19. The van der Waals surface area contributed by atoms with Crippen molar-refractivity contribution in [3.63, 3.8) is 0 Å². The summed E-state index contributed by atoms with van der Waals surface area (Å²) in [5, 5.41) is 8.36. The number of hydrogen-bond donors (Lipinski definition) is 2. The Labute approximate surface area is 83.2 Å². The van der Waals surface area contributed by atoms with E-state index in [1.54, 1.807) is 12.1 Å². The van der Waals surface area contributed by atoms with Crippen molar-refractivity contribution in [3.8, 4) is 0 Å². The van der Waals surface area contributed by atoms with Crippen LogP contribution in [0.5, 0.6) is 0 Å². The molecule has 0 aliphatic heterocycles. The molecule has 0 aliphatic carbocycles. The summed E-state index contributed by atoms with van der Waals surface area (Å²) in [5.41, 5.74) is 0.576. The van der Waals surface area contributed by atoms with Gasteiger partial charge in [-0.1, -0.05) is 12.1 Å². The van der Waals surface area contributed by atoms with Crippen LogP contribution in [0.2, 0.25) is 0 Å². The van der Waals surface area contributed by atoms with E-state index in [1.165, 1.54) is 18.2 Å². The number of rotatable bonds is 3. The summed E-state index contributed by atoms with van der Waals surface area (Å²) in [6.07, 6.45) is 2.33. The molecule has 5 heteroatoms. The van der Waals surface area contributed by atoms with Gasteiger partial charge in [0.2, 0.25) is 0 Å². The molecular weight excluding hydrogens is 204 g/mol. The Hall–Kier alpha value is -1.46. The SMILES string of the molecule is O=C(O)/C=C/c1cccc(S(=O)O)c1. The number of carboxylic acid groups (broad SMARTS) is 1.